The summed E-state index contributed by atoms with van der Waals surface area (Å²) in [5.41, 5.74) is -0.657. The Morgan fingerprint density at radius 2 is 1.95 bits per heavy atom. The standard InChI is InChI=1S/C15H26N4O3/c1-6-7-9-18-14(21)12(13(20)17-15(18)22)11(2)16-8-10-19(3,4)5/h6-10H2,1-5H3,(H-,16,17,20,21,22)/p+1. The molecular formula is C15H27N4O3+. The second-order valence-corrected chi connectivity index (χ2v) is 6.44. The van der Waals surface area contributed by atoms with Gasteiger partial charge >= 0.3 is 5.69 Å². The zero-order valence-corrected chi connectivity index (χ0v) is 14.1. The summed E-state index contributed by atoms with van der Waals surface area (Å²) in [7, 11) is 6.17. The van der Waals surface area contributed by atoms with Gasteiger partial charge < -0.3 is 9.59 Å². The molecule has 124 valence electrons. The summed E-state index contributed by atoms with van der Waals surface area (Å²) >= 11 is 0. The van der Waals surface area contributed by atoms with Gasteiger partial charge in [0.05, 0.1) is 39.9 Å². The molecule has 1 heterocycles. The number of hydrogen-bond acceptors (Lipinski definition) is 4. The van der Waals surface area contributed by atoms with Crippen molar-refractivity contribution in [2.24, 2.45) is 4.99 Å². The lowest BCUT2D eigenvalue weighted by atomic mass is 10.2. The molecule has 0 unspecified atom stereocenters. The van der Waals surface area contributed by atoms with Crippen LogP contribution in [0.1, 0.15) is 32.3 Å². The Morgan fingerprint density at radius 3 is 2.50 bits per heavy atom. The fourth-order valence-electron chi connectivity index (χ4n) is 2.01. The van der Waals surface area contributed by atoms with Crippen LogP contribution in [-0.2, 0) is 6.54 Å². The van der Waals surface area contributed by atoms with Crippen LogP contribution in [-0.4, -0.2) is 59.1 Å². The van der Waals surface area contributed by atoms with Crippen LogP contribution in [0, 0.1) is 0 Å². The molecule has 0 aliphatic carbocycles. The fraction of sp³-hybridized carbons (Fsp3) is 0.667. The zero-order valence-electron chi connectivity index (χ0n) is 14.1. The first-order valence-corrected chi connectivity index (χ1v) is 7.55. The van der Waals surface area contributed by atoms with Gasteiger partial charge in [0, 0.05) is 6.54 Å². The number of aliphatic imine (C=N–C) groups is 1. The minimum absolute atomic E-state index is 0.0807. The van der Waals surface area contributed by atoms with E-state index in [1.54, 1.807) is 6.92 Å². The Hall–Kier alpha value is -1.89. The van der Waals surface area contributed by atoms with E-state index in [0.717, 1.165) is 23.9 Å². The molecule has 0 aromatic carbocycles. The molecular weight excluding hydrogens is 284 g/mol. The van der Waals surface area contributed by atoms with Crippen LogP contribution in [0.4, 0.5) is 0 Å². The molecule has 0 radical (unpaired) electrons. The average Bonchev–Trinajstić information content (AvgIpc) is 2.36. The highest BCUT2D eigenvalue weighted by atomic mass is 16.3. The van der Waals surface area contributed by atoms with E-state index in [1.807, 2.05) is 6.92 Å². The smallest absolute Gasteiger partial charge is 0.331 e. The number of nitrogens with one attached hydrogen (secondary N) is 1. The molecule has 0 aliphatic rings. The fourth-order valence-corrected chi connectivity index (χ4v) is 2.01. The second kappa shape index (κ2) is 7.40. The molecule has 1 aromatic rings. The molecule has 0 bridgehead atoms. The zero-order chi connectivity index (χ0) is 16.9. The Labute approximate surface area is 130 Å². The van der Waals surface area contributed by atoms with Crippen molar-refractivity contribution in [2.75, 3.05) is 34.2 Å². The van der Waals surface area contributed by atoms with E-state index >= 15 is 0 Å². The monoisotopic (exact) mass is 311 g/mol. The van der Waals surface area contributed by atoms with Gasteiger partial charge in [-0.25, -0.2) is 4.79 Å². The molecule has 0 amide bonds. The lowest BCUT2D eigenvalue weighted by Crippen LogP contribution is -2.37. The van der Waals surface area contributed by atoms with E-state index in [2.05, 4.69) is 31.1 Å². The van der Waals surface area contributed by atoms with Crippen molar-refractivity contribution in [3.8, 4) is 5.88 Å². The molecule has 0 spiro atoms. The third-order valence-corrected chi connectivity index (χ3v) is 3.39. The number of rotatable bonds is 7. The van der Waals surface area contributed by atoms with E-state index < -0.39 is 11.2 Å². The number of likely N-dealkylation sites (N-methyl/N-ethyl adjacent to an activating group) is 1. The summed E-state index contributed by atoms with van der Waals surface area (Å²) in [6.45, 7) is 5.39. The highest BCUT2D eigenvalue weighted by molar-refractivity contribution is 6.00. The molecule has 22 heavy (non-hydrogen) atoms. The van der Waals surface area contributed by atoms with Crippen LogP contribution in [0.15, 0.2) is 14.6 Å². The Kier molecular flexibility index (Phi) is 6.11. The van der Waals surface area contributed by atoms with Crippen molar-refractivity contribution < 1.29 is 9.59 Å². The van der Waals surface area contributed by atoms with Crippen molar-refractivity contribution in [2.45, 2.75) is 33.2 Å². The molecule has 2 N–H and O–H groups in total. The van der Waals surface area contributed by atoms with Gasteiger partial charge in [-0.3, -0.25) is 19.3 Å². The number of quaternary nitrogens is 1. The lowest BCUT2D eigenvalue weighted by molar-refractivity contribution is -0.868. The summed E-state index contributed by atoms with van der Waals surface area (Å²) in [5, 5.41) is 10.3. The van der Waals surface area contributed by atoms with Gasteiger partial charge in [0.15, 0.2) is 0 Å². The Balaban J connectivity index is 3.15. The van der Waals surface area contributed by atoms with Gasteiger partial charge in [-0.15, -0.1) is 0 Å². The second-order valence-electron chi connectivity index (χ2n) is 6.44. The van der Waals surface area contributed by atoms with Gasteiger partial charge in [0.2, 0.25) is 5.88 Å². The predicted octanol–water partition coefficient (Wildman–Crippen LogP) is 0.558. The van der Waals surface area contributed by atoms with E-state index in [1.165, 1.54) is 4.57 Å². The molecule has 0 saturated heterocycles. The maximum Gasteiger partial charge on any atom is 0.331 e. The summed E-state index contributed by atoms with van der Waals surface area (Å²) in [6.07, 6.45) is 1.63. The van der Waals surface area contributed by atoms with Crippen molar-refractivity contribution in [1.29, 1.82) is 0 Å². The molecule has 0 saturated carbocycles. The van der Waals surface area contributed by atoms with E-state index in [-0.39, 0.29) is 11.4 Å². The number of unbranched alkanes of at least 4 members (excludes halogenated alkanes) is 1. The first kappa shape index (κ1) is 18.2. The van der Waals surface area contributed by atoms with Crippen LogP contribution in [0.5, 0.6) is 5.88 Å². The molecule has 0 aliphatic heterocycles. The minimum Gasteiger partial charge on any atom is -0.494 e. The maximum absolute atomic E-state index is 12.0. The molecule has 7 nitrogen and oxygen atoms in total. The molecule has 7 heteroatoms. The van der Waals surface area contributed by atoms with Gasteiger partial charge in [-0.2, -0.15) is 0 Å². The summed E-state index contributed by atoms with van der Waals surface area (Å²) in [6, 6.07) is 0. The number of nitrogens with zero attached hydrogens (tertiary/aromatic N) is 3. The molecule has 0 fully saturated rings. The number of hydrogen-bond donors (Lipinski definition) is 2. The Morgan fingerprint density at radius 1 is 1.32 bits per heavy atom. The van der Waals surface area contributed by atoms with Crippen molar-refractivity contribution >= 4 is 5.71 Å². The van der Waals surface area contributed by atoms with Crippen LogP contribution in [0.2, 0.25) is 0 Å². The molecule has 1 aromatic heterocycles. The quantitative estimate of drug-likeness (QED) is 0.570. The number of H-pyrrole nitrogens is 1. The normalized spacial score (nSPS) is 12.7. The third-order valence-electron chi connectivity index (χ3n) is 3.39. The number of aromatic amines is 1. The number of aromatic hydroxyl groups is 1. The van der Waals surface area contributed by atoms with Gasteiger partial charge in [0.1, 0.15) is 5.56 Å². The Bertz CT molecular complexity index is 650. The predicted molar refractivity (Wildman–Crippen MR) is 87.9 cm³/mol. The summed E-state index contributed by atoms with van der Waals surface area (Å²) < 4.78 is 1.95. The summed E-state index contributed by atoms with van der Waals surface area (Å²) in [4.78, 5) is 30.4. The topological polar surface area (TPSA) is 87.4 Å². The lowest BCUT2D eigenvalue weighted by Gasteiger charge is -2.22. The number of aromatic nitrogens is 2. The van der Waals surface area contributed by atoms with Crippen LogP contribution >= 0.6 is 0 Å². The van der Waals surface area contributed by atoms with Crippen molar-refractivity contribution in [1.82, 2.24) is 9.55 Å². The van der Waals surface area contributed by atoms with E-state index in [0.29, 0.717) is 18.8 Å². The molecule has 0 atom stereocenters. The average molecular weight is 311 g/mol. The van der Waals surface area contributed by atoms with Crippen LogP contribution < -0.4 is 11.2 Å². The molecule has 1 rings (SSSR count). The van der Waals surface area contributed by atoms with E-state index in [4.69, 9.17) is 0 Å². The van der Waals surface area contributed by atoms with Gasteiger partial charge in [-0.1, -0.05) is 13.3 Å². The van der Waals surface area contributed by atoms with Gasteiger partial charge in [-0.05, 0) is 13.3 Å². The minimum atomic E-state index is -0.596. The largest absolute Gasteiger partial charge is 0.494 e. The van der Waals surface area contributed by atoms with E-state index in [9.17, 15) is 14.7 Å². The highest BCUT2D eigenvalue weighted by Gasteiger charge is 2.16. The SMILES string of the molecule is CCCCn1c(O)c(C(C)=NCC[N+](C)(C)C)c(=O)[nH]c1=O. The van der Waals surface area contributed by atoms with Crippen LogP contribution in [0.3, 0.4) is 0 Å². The van der Waals surface area contributed by atoms with Crippen molar-refractivity contribution in [3.05, 3.63) is 26.4 Å². The van der Waals surface area contributed by atoms with Crippen molar-refractivity contribution in [3.63, 3.8) is 0 Å². The van der Waals surface area contributed by atoms with Crippen LogP contribution in [0.25, 0.3) is 0 Å². The third kappa shape index (κ3) is 4.84. The van der Waals surface area contributed by atoms with Gasteiger partial charge in [0.25, 0.3) is 5.56 Å². The first-order valence-electron chi connectivity index (χ1n) is 7.55. The maximum atomic E-state index is 12.0. The highest BCUT2D eigenvalue weighted by Crippen LogP contribution is 2.12. The summed E-state index contributed by atoms with van der Waals surface area (Å²) in [5.74, 6) is -0.298. The first-order chi connectivity index (χ1) is 10.2.